The van der Waals surface area contributed by atoms with Gasteiger partial charge in [0.05, 0.1) is 0 Å². The fourth-order valence-corrected chi connectivity index (χ4v) is 1.94. The highest BCUT2D eigenvalue weighted by Crippen LogP contribution is 2.25. The van der Waals surface area contributed by atoms with Gasteiger partial charge >= 0.3 is 0 Å². The Kier molecular flexibility index (Phi) is 3.34. The summed E-state index contributed by atoms with van der Waals surface area (Å²) in [6.07, 6.45) is 1.83. The van der Waals surface area contributed by atoms with E-state index in [1.165, 1.54) is 0 Å². The molecule has 0 aromatic carbocycles. The van der Waals surface area contributed by atoms with E-state index in [4.69, 9.17) is 0 Å². The van der Waals surface area contributed by atoms with Gasteiger partial charge in [0, 0.05) is 19.0 Å². The lowest BCUT2D eigenvalue weighted by Crippen LogP contribution is -2.45. The lowest BCUT2D eigenvalue weighted by atomic mass is 9.87. The summed E-state index contributed by atoms with van der Waals surface area (Å²) in [5, 5.41) is 0. The number of carbonyl (C=O) groups excluding carboxylic acids is 1. The second-order valence-electron chi connectivity index (χ2n) is 4.68. The van der Waals surface area contributed by atoms with Crippen molar-refractivity contribution in [3.8, 4) is 0 Å². The van der Waals surface area contributed by atoms with Gasteiger partial charge in [-0.25, -0.2) is 0 Å². The minimum Gasteiger partial charge on any atom is -0.340 e. The molecule has 0 aromatic heterocycles. The number of likely N-dealkylation sites (tertiary alicyclic amines) is 1. The number of rotatable bonds is 2. The van der Waals surface area contributed by atoms with E-state index in [1.54, 1.807) is 0 Å². The van der Waals surface area contributed by atoms with Crippen molar-refractivity contribution >= 4 is 5.91 Å². The van der Waals surface area contributed by atoms with Crippen LogP contribution >= 0.6 is 0 Å². The minimum absolute atomic E-state index is 0.340. The third kappa shape index (κ3) is 2.45. The predicted molar refractivity (Wildman–Crippen MR) is 54.4 cm³/mol. The molecule has 1 heterocycles. The molecule has 1 amide bonds. The average Bonchev–Trinajstić information content (AvgIpc) is 2.04. The first kappa shape index (κ1) is 10.6. The molecule has 13 heavy (non-hydrogen) atoms. The van der Waals surface area contributed by atoms with Crippen LogP contribution in [-0.2, 0) is 4.79 Å². The summed E-state index contributed by atoms with van der Waals surface area (Å²) in [5.74, 6) is 1.75. The van der Waals surface area contributed by atoms with Crippen LogP contribution in [0.5, 0.6) is 0 Å². The first-order chi connectivity index (χ1) is 6.02. The van der Waals surface area contributed by atoms with E-state index in [-0.39, 0.29) is 0 Å². The second-order valence-corrected chi connectivity index (χ2v) is 4.68. The van der Waals surface area contributed by atoms with Crippen LogP contribution < -0.4 is 0 Å². The molecule has 0 aromatic rings. The Morgan fingerprint density at radius 3 is 2.38 bits per heavy atom. The van der Waals surface area contributed by atoms with Gasteiger partial charge in [0.2, 0.25) is 5.91 Å². The molecule has 0 spiro atoms. The summed E-state index contributed by atoms with van der Waals surface area (Å²) in [6, 6.07) is 0.369. The maximum absolute atomic E-state index is 11.5. The molecular formula is C11H21NO. The summed E-state index contributed by atoms with van der Waals surface area (Å²) in [7, 11) is 0. The Morgan fingerprint density at radius 2 is 1.92 bits per heavy atom. The van der Waals surface area contributed by atoms with E-state index in [9.17, 15) is 4.79 Å². The molecule has 0 bridgehead atoms. The van der Waals surface area contributed by atoms with E-state index < -0.39 is 0 Å². The largest absolute Gasteiger partial charge is 0.340 e. The Morgan fingerprint density at radius 1 is 1.31 bits per heavy atom. The summed E-state index contributed by atoms with van der Waals surface area (Å²) in [4.78, 5) is 13.6. The molecule has 1 fully saturated rings. The molecule has 76 valence electrons. The van der Waals surface area contributed by atoms with Crippen LogP contribution in [0, 0.1) is 11.8 Å². The molecule has 1 unspecified atom stereocenters. The van der Waals surface area contributed by atoms with Crippen LogP contribution in [0.1, 0.15) is 40.5 Å². The highest BCUT2D eigenvalue weighted by molar-refractivity contribution is 5.77. The van der Waals surface area contributed by atoms with E-state index in [1.807, 2.05) is 4.90 Å². The Bertz CT molecular complexity index is 187. The molecule has 1 rings (SSSR count). The van der Waals surface area contributed by atoms with Crippen molar-refractivity contribution in [2.75, 3.05) is 6.54 Å². The van der Waals surface area contributed by atoms with Gasteiger partial charge in [-0.2, -0.15) is 0 Å². The highest BCUT2D eigenvalue weighted by atomic mass is 16.2. The lowest BCUT2D eigenvalue weighted by Gasteiger charge is -2.37. The van der Waals surface area contributed by atoms with Crippen molar-refractivity contribution < 1.29 is 4.79 Å². The SMILES string of the molecule is CC(C)C1CCC(=O)N(C(C)C)C1. The van der Waals surface area contributed by atoms with Crippen molar-refractivity contribution in [3.63, 3.8) is 0 Å². The number of hydrogen-bond donors (Lipinski definition) is 0. The third-order valence-electron chi connectivity index (χ3n) is 3.05. The smallest absolute Gasteiger partial charge is 0.222 e. The molecule has 1 aliphatic heterocycles. The van der Waals surface area contributed by atoms with Crippen LogP contribution in [0.2, 0.25) is 0 Å². The van der Waals surface area contributed by atoms with E-state index in [2.05, 4.69) is 27.7 Å². The fourth-order valence-electron chi connectivity index (χ4n) is 1.94. The summed E-state index contributed by atoms with van der Waals surface area (Å²) in [5.41, 5.74) is 0. The monoisotopic (exact) mass is 183 g/mol. The van der Waals surface area contributed by atoms with Crippen molar-refractivity contribution in [2.45, 2.75) is 46.6 Å². The van der Waals surface area contributed by atoms with E-state index in [0.29, 0.717) is 23.8 Å². The molecule has 0 radical (unpaired) electrons. The molecule has 2 nitrogen and oxygen atoms in total. The number of carbonyl (C=O) groups is 1. The third-order valence-corrected chi connectivity index (χ3v) is 3.05. The molecular weight excluding hydrogens is 162 g/mol. The number of hydrogen-bond acceptors (Lipinski definition) is 1. The summed E-state index contributed by atoms with van der Waals surface area (Å²) in [6.45, 7) is 9.66. The maximum atomic E-state index is 11.5. The zero-order valence-electron chi connectivity index (χ0n) is 9.21. The molecule has 0 saturated carbocycles. The summed E-state index contributed by atoms with van der Waals surface area (Å²) < 4.78 is 0. The molecule has 0 aliphatic carbocycles. The number of nitrogens with zero attached hydrogens (tertiary/aromatic N) is 1. The van der Waals surface area contributed by atoms with Gasteiger partial charge in [0.1, 0.15) is 0 Å². The fraction of sp³-hybridized carbons (Fsp3) is 0.909. The van der Waals surface area contributed by atoms with E-state index >= 15 is 0 Å². The van der Waals surface area contributed by atoms with Gasteiger partial charge in [-0.05, 0) is 32.1 Å². The van der Waals surface area contributed by atoms with E-state index in [0.717, 1.165) is 19.4 Å². The predicted octanol–water partition coefficient (Wildman–Crippen LogP) is 2.29. The van der Waals surface area contributed by atoms with Gasteiger partial charge in [-0.3, -0.25) is 4.79 Å². The zero-order chi connectivity index (χ0) is 10.0. The molecule has 2 heteroatoms. The topological polar surface area (TPSA) is 20.3 Å². The Balaban J connectivity index is 2.58. The lowest BCUT2D eigenvalue weighted by molar-refractivity contribution is -0.137. The molecule has 1 saturated heterocycles. The number of amides is 1. The summed E-state index contributed by atoms with van der Waals surface area (Å²) >= 11 is 0. The van der Waals surface area contributed by atoms with Gasteiger partial charge in [-0.1, -0.05) is 13.8 Å². The van der Waals surface area contributed by atoms with Gasteiger partial charge in [-0.15, -0.1) is 0 Å². The van der Waals surface area contributed by atoms with Crippen molar-refractivity contribution in [3.05, 3.63) is 0 Å². The maximum Gasteiger partial charge on any atom is 0.222 e. The van der Waals surface area contributed by atoms with Crippen LogP contribution in [0.15, 0.2) is 0 Å². The first-order valence-electron chi connectivity index (χ1n) is 5.31. The number of piperidine rings is 1. The Hall–Kier alpha value is -0.530. The first-order valence-corrected chi connectivity index (χ1v) is 5.31. The van der Waals surface area contributed by atoms with Crippen molar-refractivity contribution in [1.82, 2.24) is 4.90 Å². The average molecular weight is 183 g/mol. The van der Waals surface area contributed by atoms with Crippen LogP contribution in [0.4, 0.5) is 0 Å². The van der Waals surface area contributed by atoms with Crippen LogP contribution in [-0.4, -0.2) is 23.4 Å². The minimum atomic E-state index is 0.340. The van der Waals surface area contributed by atoms with Crippen LogP contribution in [0.3, 0.4) is 0 Å². The van der Waals surface area contributed by atoms with Gasteiger partial charge in [0.15, 0.2) is 0 Å². The standard InChI is InChI=1S/C11H21NO/c1-8(2)10-5-6-11(13)12(7-10)9(3)4/h8-10H,5-7H2,1-4H3. The quantitative estimate of drug-likeness (QED) is 0.643. The second kappa shape index (κ2) is 4.12. The highest BCUT2D eigenvalue weighted by Gasteiger charge is 2.28. The van der Waals surface area contributed by atoms with Crippen molar-refractivity contribution in [1.29, 1.82) is 0 Å². The normalized spacial score (nSPS) is 24.6. The Labute approximate surface area is 81.3 Å². The van der Waals surface area contributed by atoms with Crippen LogP contribution in [0.25, 0.3) is 0 Å². The zero-order valence-corrected chi connectivity index (χ0v) is 9.21. The van der Waals surface area contributed by atoms with Crippen molar-refractivity contribution in [2.24, 2.45) is 11.8 Å². The van der Waals surface area contributed by atoms with Gasteiger partial charge < -0.3 is 4.90 Å². The molecule has 1 atom stereocenters. The molecule has 0 N–H and O–H groups in total. The van der Waals surface area contributed by atoms with Gasteiger partial charge in [0.25, 0.3) is 0 Å². The molecule has 1 aliphatic rings.